The summed E-state index contributed by atoms with van der Waals surface area (Å²) in [5, 5.41) is 0.507. The zero-order valence-corrected chi connectivity index (χ0v) is 13.7. The molecule has 0 heterocycles. The first-order valence-electron chi connectivity index (χ1n) is 5.64. The van der Waals surface area contributed by atoms with E-state index in [1.807, 2.05) is 0 Å². The fraction of sp³-hybridized carbons (Fsp3) is 0.0769. The molecule has 0 aliphatic carbocycles. The van der Waals surface area contributed by atoms with Crippen LogP contribution in [0.5, 0.6) is 0 Å². The number of hydrogen-bond donors (Lipinski definition) is 2. The lowest BCUT2D eigenvalue weighted by Crippen LogP contribution is -2.14. The van der Waals surface area contributed by atoms with E-state index >= 15 is 0 Å². The Morgan fingerprint density at radius 1 is 1.25 bits per heavy atom. The molecule has 2 rings (SSSR count). The van der Waals surface area contributed by atoms with E-state index < -0.39 is 10.0 Å². The highest BCUT2D eigenvalue weighted by Crippen LogP contribution is 2.28. The Labute approximate surface area is 131 Å². The van der Waals surface area contributed by atoms with Crippen LogP contribution < -0.4 is 10.5 Å². The molecule has 106 valence electrons. The van der Waals surface area contributed by atoms with E-state index in [-0.39, 0.29) is 4.90 Å². The molecule has 0 fully saturated rings. The number of hydrogen-bond acceptors (Lipinski definition) is 3. The van der Waals surface area contributed by atoms with Gasteiger partial charge in [-0.1, -0.05) is 17.7 Å². The molecule has 0 saturated carbocycles. The van der Waals surface area contributed by atoms with Gasteiger partial charge in [-0.05, 0) is 58.7 Å². The topological polar surface area (TPSA) is 72.2 Å². The van der Waals surface area contributed by atoms with Gasteiger partial charge in [-0.25, -0.2) is 8.42 Å². The van der Waals surface area contributed by atoms with E-state index in [0.29, 0.717) is 26.4 Å². The molecule has 0 aliphatic heterocycles. The smallest absolute Gasteiger partial charge is 0.262 e. The molecule has 0 radical (unpaired) electrons. The maximum absolute atomic E-state index is 12.4. The fourth-order valence-electron chi connectivity index (χ4n) is 1.69. The summed E-state index contributed by atoms with van der Waals surface area (Å²) < 4.78 is 27.8. The summed E-state index contributed by atoms with van der Waals surface area (Å²) in [6.07, 6.45) is 0. The number of halogens is 2. The van der Waals surface area contributed by atoms with Gasteiger partial charge in [0.15, 0.2) is 0 Å². The molecule has 2 aromatic rings. The van der Waals surface area contributed by atoms with Crippen LogP contribution in [0.4, 0.5) is 11.4 Å². The molecule has 0 aliphatic rings. The van der Waals surface area contributed by atoms with Gasteiger partial charge in [0.2, 0.25) is 0 Å². The maximum atomic E-state index is 12.4. The third-order valence-electron chi connectivity index (χ3n) is 2.79. The van der Waals surface area contributed by atoms with E-state index in [1.54, 1.807) is 37.3 Å². The van der Waals surface area contributed by atoms with E-state index in [0.717, 1.165) is 0 Å². The summed E-state index contributed by atoms with van der Waals surface area (Å²) in [7, 11) is -3.69. The van der Waals surface area contributed by atoms with Gasteiger partial charge in [0, 0.05) is 10.2 Å². The molecule has 0 unspecified atom stereocenters. The molecule has 7 heteroatoms. The van der Waals surface area contributed by atoms with Crippen molar-refractivity contribution in [1.82, 2.24) is 0 Å². The quantitative estimate of drug-likeness (QED) is 0.802. The predicted octanol–water partition coefficient (Wildman–Crippen LogP) is 3.79. The largest absolute Gasteiger partial charge is 0.398 e. The monoisotopic (exact) mass is 374 g/mol. The second-order valence-corrected chi connectivity index (χ2v) is 7.12. The Bertz CT molecular complexity index is 763. The number of nitrogens with one attached hydrogen (secondary N) is 1. The predicted molar refractivity (Wildman–Crippen MR) is 85.6 cm³/mol. The van der Waals surface area contributed by atoms with Gasteiger partial charge >= 0.3 is 0 Å². The van der Waals surface area contributed by atoms with Gasteiger partial charge in [0.05, 0.1) is 15.6 Å². The van der Waals surface area contributed by atoms with Gasteiger partial charge in [0.1, 0.15) is 0 Å². The first-order chi connectivity index (χ1) is 9.31. The summed E-state index contributed by atoms with van der Waals surface area (Å²) in [5.74, 6) is 0. The third kappa shape index (κ3) is 3.08. The van der Waals surface area contributed by atoms with Crippen LogP contribution in [0.1, 0.15) is 5.56 Å². The molecule has 0 atom stereocenters. The van der Waals surface area contributed by atoms with Gasteiger partial charge in [0.25, 0.3) is 10.0 Å². The Morgan fingerprint density at radius 3 is 2.60 bits per heavy atom. The number of sulfonamides is 1. The van der Waals surface area contributed by atoms with Crippen molar-refractivity contribution in [1.29, 1.82) is 0 Å². The lowest BCUT2D eigenvalue weighted by molar-refractivity contribution is 0.600. The van der Waals surface area contributed by atoms with Crippen LogP contribution in [-0.4, -0.2) is 8.42 Å². The molecular weight excluding hydrogens is 364 g/mol. The van der Waals surface area contributed by atoms with Crippen LogP contribution in [0, 0.1) is 6.92 Å². The van der Waals surface area contributed by atoms with Gasteiger partial charge in [-0.2, -0.15) is 0 Å². The second-order valence-electron chi connectivity index (χ2n) is 4.20. The standard InChI is InChI=1S/C13H12BrClN2O2S/c1-8-12(16)3-2-4-13(8)20(18,19)17-9-5-6-11(15)10(14)7-9/h2-7,17H,16H2,1H3. The Kier molecular flexibility index (Phi) is 4.27. The summed E-state index contributed by atoms with van der Waals surface area (Å²) >= 11 is 9.12. The van der Waals surface area contributed by atoms with Crippen molar-refractivity contribution in [2.24, 2.45) is 0 Å². The summed E-state index contributed by atoms with van der Waals surface area (Å²) in [4.78, 5) is 0.156. The number of anilines is 2. The van der Waals surface area contributed by atoms with Crippen molar-refractivity contribution in [3.63, 3.8) is 0 Å². The second kappa shape index (κ2) is 5.63. The lowest BCUT2D eigenvalue weighted by Gasteiger charge is -2.12. The SMILES string of the molecule is Cc1c(N)cccc1S(=O)(=O)Nc1ccc(Cl)c(Br)c1. The molecule has 0 amide bonds. The molecule has 0 spiro atoms. The molecule has 2 aromatic carbocycles. The van der Waals surface area contributed by atoms with E-state index in [2.05, 4.69) is 20.7 Å². The molecule has 20 heavy (non-hydrogen) atoms. The van der Waals surface area contributed by atoms with E-state index in [4.69, 9.17) is 17.3 Å². The van der Waals surface area contributed by atoms with Gasteiger partial charge < -0.3 is 5.73 Å². The van der Waals surface area contributed by atoms with Crippen LogP contribution in [-0.2, 0) is 10.0 Å². The zero-order valence-electron chi connectivity index (χ0n) is 10.5. The first kappa shape index (κ1) is 15.2. The van der Waals surface area contributed by atoms with Crippen LogP contribution in [0.2, 0.25) is 5.02 Å². The Balaban J connectivity index is 2.41. The Hall–Kier alpha value is -1.24. The number of rotatable bonds is 3. The summed E-state index contributed by atoms with van der Waals surface area (Å²) in [5.41, 5.74) is 7.11. The maximum Gasteiger partial charge on any atom is 0.262 e. The average molecular weight is 376 g/mol. The van der Waals surface area contributed by atoms with E-state index in [9.17, 15) is 8.42 Å². The van der Waals surface area contributed by atoms with Crippen LogP contribution in [0.3, 0.4) is 0 Å². The van der Waals surface area contributed by atoms with Crippen molar-refractivity contribution < 1.29 is 8.42 Å². The van der Waals surface area contributed by atoms with Crippen molar-refractivity contribution in [3.05, 3.63) is 51.5 Å². The molecule has 0 bridgehead atoms. The lowest BCUT2D eigenvalue weighted by atomic mass is 10.2. The number of benzene rings is 2. The first-order valence-corrected chi connectivity index (χ1v) is 8.29. The molecular formula is C13H12BrClN2O2S. The highest BCUT2D eigenvalue weighted by molar-refractivity contribution is 9.10. The van der Waals surface area contributed by atoms with Crippen molar-refractivity contribution in [2.75, 3.05) is 10.5 Å². The van der Waals surface area contributed by atoms with Crippen molar-refractivity contribution >= 4 is 48.9 Å². The minimum absolute atomic E-state index is 0.156. The minimum Gasteiger partial charge on any atom is -0.398 e. The van der Waals surface area contributed by atoms with Gasteiger partial charge in [-0.15, -0.1) is 0 Å². The normalized spacial score (nSPS) is 11.3. The molecule has 0 saturated heterocycles. The van der Waals surface area contributed by atoms with E-state index in [1.165, 1.54) is 6.07 Å². The van der Waals surface area contributed by atoms with Crippen molar-refractivity contribution in [3.8, 4) is 0 Å². The van der Waals surface area contributed by atoms with Gasteiger partial charge in [-0.3, -0.25) is 4.72 Å². The highest BCUT2D eigenvalue weighted by atomic mass is 79.9. The molecule has 0 aromatic heterocycles. The van der Waals surface area contributed by atoms with Crippen molar-refractivity contribution in [2.45, 2.75) is 11.8 Å². The molecule has 4 nitrogen and oxygen atoms in total. The van der Waals surface area contributed by atoms with Crippen LogP contribution in [0.15, 0.2) is 45.8 Å². The number of nitrogens with two attached hydrogens (primary N) is 1. The van der Waals surface area contributed by atoms with Crippen LogP contribution >= 0.6 is 27.5 Å². The third-order valence-corrected chi connectivity index (χ3v) is 5.53. The molecule has 3 N–H and O–H groups in total. The highest BCUT2D eigenvalue weighted by Gasteiger charge is 2.18. The zero-order chi connectivity index (χ0) is 14.9. The number of nitrogen functional groups attached to an aromatic ring is 1. The summed E-state index contributed by atoms with van der Waals surface area (Å²) in [6.45, 7) is 1.67. The summed E-state index contributed by atoms with van der Waals surface area (Å²) in [6, 6.07) is 9.57. The minimum atomic E-state index is -3.69. The fourth-order valence-corrected chi connectivity index (χ4v) is 3.51. The average Bonchev–Trinajstić information content (AvgIpc) is 2.36. The van der Waals surface area contributed by atoms with Crippen LogP contribution in [0.25, 0.3) is 0 Å². The Morgan fingerprint density at radius 2 is 1.95 bits per heavy atom.